The smallest absolute Gasteiger partial charge is 0.407 e. The molecule has 0 aliphatic heterocycles. The molecule has 2 rings (SSSR count). The van der Waals surface area contributed by atoms with Crippen molar-refractivity contribution in [3.05, 3.63) is 35.9 Å². The van der Waals surface area contributed by atoms with Crippen LogP contribution in [-0.4, -0.2) is 25.2 Å². The van der Waals surface area contributed by atoms with Gasteiger partial charge in [-0.2, -0.15) is 0 Å². The molecule has 0 spiro atoms. The van der Waals surface area contributed by atoms with Crippen LogP contribution >= 0.6 is 0 Å². The fourth-order valence-corrected chi connectivity index (χ4v) is 2.34. The maximum absolute atomic E-state index is 11.5. The van der Waals surface area contributed by atoms with Crippen LogP contribution in [0.1, 0.15) is 50.5 Å². The number of amides is 1. The first-order valence-corrected chi connectivity index (χ1v) is 8.52. The van der Waals surface area contributed by atoms with Crippen LogP contribution in [0.15, 0.2) is 30.3 Å². The predicted octanol–water partition coefficient (Wildman–Crippen LogP) is 3.62. The number of carbonyl (C=O) groups excluding carboxylic acids is 1. The summed E-state index contributed by atoms with van der Waals surface area (Å²) in [6.45, 7) is 2.20. The SMILES string of the molecule is O=C(NCCCCCCCNC1CC1)OCc1ccccc1. The lowest BCUT2D eigenvalue weighted by Gasteiger charge is -2.07. The van der Waals surface area contributed by atoms with Crippen LogP contribution in [0.4, 0.5) is 4.79 Å². The van der Waals surface area contributed by atoms with Gasteiger partial charge in [0.15, 0.2) is 0 Å². The van der Waals surface area contributed by atoms with E-state index in [0.717, 1.165) is 24.6 Å². The first-order chi connectivity index (χ1) is 10.8. The maximum Gasteiger partial charge on any atom is 0.407 e. The number of nitrogens with one attached hydrogen (secondary N) is 2. The lowest BCUT2D eigenvalue weighted by Crippen LogP contribution is -2.25. The van der Waals surface area contributed by atoms with Crippen LogP contribution in [-0.2, 0) is 11.3 Å². The summed E-state index contributed by atoms with van der Waals surface area (Å²) in [4.78, 5) is 11.5. The van der Waals surface area contributed by atoms with E-state index in [4.69, 9.17) is 4.74 Å². The van der Waals surface area contributed by atoms with Gasteiger partial charge in [-0.1, -0.05) is 49.6 Å². The Bertz CT molecular complexity index is 418. The first kappa shape index (κ1) is 16.8. The van der Waals surface area contributed by atoms with Gasteiger partial charge in [0.05, 0.1) is 0 Å². The zero-order valence-electron chi connectivity index (χ0n) is 13.4. The molecule has 2 N–H and O–H groups in total. The van der Waals surface area contributed by atoms with Crippen molar-refractivity contribution in [1.82, 2.24) is 10.6 Å². The number of ether oxygens (including phenoxy) is 1. The van der Waals surface area contributed by atoms with E-state index in [9.17, 15) is 4.79 Å². The Hall–Kier alpha value is -1.55. The Morgan fingerprint density at radius 3 is 2.41 bits per heavy atom. The predicted molar refractivity (Wildman–Crippen MR) is 88.7 cm³/mol. The Labute approximate surface area is 133 Å². The minimum Gasteiger partial charge on any atom is -0.445 e. The average Bonchev–Trinajstić information content (AvgIpc) is 3.36. The summed E-state index contributed by atoms with van der Waals surface area (Å²) in [7, 11) is 0. The standard InChI is InChI=1S/C18H28N2O2/c21-18(22-15-16-9-5-4-6-10-16)20-14-8-3-1-2-7-13-19-17-11-12-17/h4-6,9-10,17,19H,1-3,7-8,11-15H2,(H,20,21). The van der Waals surface area contributed by atoms with Gasteiger partial charge in [0.25, 0.3) is 0 Å². The monoisotopic (exact) mass is 304 g/mol. The largest absolute Gasteiger partial charge is 0.445 e. The van der Waals surface area contributed by atoms with Gasteiger partial charge < -0.3 is 15.4 Å². The highest BCUT2D eigenvalue weighted by atomic mass is 16.5. The molecule has 0 aromatic heterocycles. The van der Waals surface area contributed by atoms with Crippen LogP contribution in [0.2, 0.25) is 0 Å². The third-order valence-electron chi connectivity index (χ3n) is 3.85. The molecule has 4 nitrogen and oxygen atoms in total. The molecular weight excluding hydrogens is 276 g/mol. The number of carbonyl (C=O) groups is 1. The van der Waals surface area contributed by atoms with Crippen LogP contribution in [0, 0.1) is 0 Å². The summed E-state index contributed by atoms with van der Waals surface area (Å²) in [6, 6.07) is 10.6. The second-order valence-electron chi connectivity index (χ2n) is 5.98. The number of hydrogen-bond donors (Lipinski definition) is 2. The molecule has 1 aliphatic rings. The van der Waals surface area contributed by atoms with Gasteiger partial charge in [-0.3, -0.25) is 0 Å². The third-order valence-corrected chi connectivity index (χ3v) is 3.85. The molecular formula is C18H28N2O2. The molecule has 1 fully saturated rings. The van der Waals surface area contributed by atoms with E-state index in [1.165, 1.54) is 38.5 Å². The lowest BCUT2D eigenvalue weighted by molar-refractivity contribution is 0.139. The number of hydrogen-bond acceptors (Lipinski definition) is 3. The molecule has 122 valence electrons. The summed E-state index contributed by atoms with van der Waals surface area (Å²) in [5.41, 5.74) is 1.01. The molecule has 1 aromatic carbocycles. The van der Waals surface area contributed by atoms with Gasteiger partial charge >= 0.3 is 6.09 Å². The van der Waals surface area contributed by atoms with Gasteiger partial charge in [0.2, 0.25) is 0 Å². The fraction of sp³-hybridized carbons (Fsp3) is 0.611. The molecule has 1 amide bonds. The normalized spacial score (nSPS) is 13.8. The third kappa shape index (κ3) is 8.03. The number of rotatable bonds is 11. The van der Waals surface area contributed by atoms with Crippen molar-refractivity contribution in [2.45, 2.75) is 57.6 Å². The minimum atomic E-state index is -0.322. The summed E-state index contributed by atoms with van der Waals surface area (Å²) in [5.74, 6) is 0. The molecule has 0 bridgehead atoms. The quantitative estimate of drug-likeness (QED) is 0.614. The van der Waals surface area contributed by atoms with Gasteiger partial charge in [0, 0.05) is 12.6 Å². The Balaban J connectivity index is 1.35. The van der Waals surface area contributed by atoms with Gasteiger partial charge in [-0.25, -0.2) is 4.79 Å². The van der Waals surface area contributed by atoms with Crippen LogP contribution in [0.3, 0.4) is 0 Å². The topological polar surface area (TPSA) is 50.4 Å². The zero-order chi connectivity index (χ0) is 15.5. The van der Waals surface area contributed by atoms with E-state index < -0.39 is 0 Å². The summed E-state index contributed by atoms with van der Waals surface area (Å²) < 4.78 is 5.16. The number of alkyl carbamates (subject to hydrolysis) is 1. The first-order valence-electron chi connectivity index (χ1n) is 8.52. The molecule has 0 atom stereocenters. The van der Waals surface area contributed by atoms with Crippen molar-refractivity contribution in [2.75, 3.05) is 13.1 Å². The van der Waals surface area contributed by atoms with Crippen molar-refractivity contribution in [3.63, 3.8) is 0 Å². The molecule has 1 aromatic rings. The van der Waals surface area contributed by atoms with Crippen molar-refractivity contribution >= 4 is 6.09 Å². The highest BCUT2D eigenvalue weighted by Crippen LogP contribution is 2.18. The number of unbranched alkanes of at least 4 members (excludes halogenated alkanes) is 4. The Morgan fingerprint density at radius 1 is 1.00 bits per heavy atom. The van der Waals surface area contributed by atoms with Crippen LogP contribution in [0.5, 0.6) is 0 Å². The molecule has 1 aliphatic carbocycles. The van der Waals surface area contributed by atoms with E-state index in [2.05, 4.69) is 10.6 Å². The summed E-state index contributed by atoms with van der Waals surface area (Å²) in [6.07, 6.45) is 8.39. The van der Waals surface area contributed by atoms with Crippen molar-refractivity contribution in [1.29, 1.82) is 0 Å². The minimum absolute atomic E-state index is 0.322. The van der Waals surface area contributed by atoms with E-state index in [1.807, 2.05) is 30.3 Å². The molecule has 0 saturated heterocycles. The van der Waals surface area contributed by atoms with Gasteiger partial charge in [0.1, 0.15) is 6.61 Å². The number of benzene rings is 1. The van der Waals surface area contributed by atoms with Crippen LogP contribution in [0.25, 0.3) is 0 Å². The molecule has 0 heterocycles. The zero-order valence-corrected chi connectivity index (χ0v) is 13.4. The second kappa shape index (κ2) is 10.2. The van der Waals surface area contributed by atoms with Gasteiger partial charge in [-0.05, 0) is 37.8 Å². The summed E-state index contributed by atoms with van der Waals surface area (Å²) >= 11 is 0. The molecule has 4 heteroatoms. The van der Waals surface area contributed by atoms with E-state index >= 15 is 0 Å². The molecule has 0 unspecified atom stereocenters. The van der Waals surface area contributed by atoms with Crippen LogP contribution < -0.4 is 10.6 Å². The lowest BCUT2D eigenvalue weighted by atomic mass is 10.1. The summed E-state index contributed by atoms with van der Waals surface area (Å²) in [5, 5.41) is 6.33. The van der Waals surface area contributed by atoms with Crippen molar-refractivity contribution in [2.24, 2.45) is 0 Å². The Kier molecular flexibility index (Phi) is 7.81. The fourth-order valence-electron chi connectivity index (χ4n) is 2.34. The van der Waals surface area contributed by atoms with E-state index in [1.54, 1.807) is 0 Å². The molecule has 1 saturated carbocycles. The van der Waals surface area contributed by atoms with Crippen molar-refractivity contribution in [3.8, 4) is 0 Å². The highest BCUT2D eigenvalue weighted by Gasteiger charge is 2.19. The molecule has 22 heavy (non-hydrogen) atoms. The van der Waals surface area contributed by atoms with E-state index in [0.29, 0.717) is 13.2 Å². The second-order valence-corrected chi connectivity index (χ2v) is 5.98. The molecule has 0 radical (unpaired) electrons. The maximum atomic E-state index is 11.5. The van der Waals surface area contributed by atoms with Gasteiger partial charge in [-0.15, -0.1) is 0 Å². The Morgan fingerprint density at radius 2 is 1.68 bits per heavy atom. The highest BCUT2D eigenvalue weighted by molar-refractivity contribution is 5.67. The van der Waals surface area contributed by atoms with E-state index in [-0.39, 0.29) is 6.09 Å². The van der Waals surface area contributed by atoms with Crippen molar-refractivity contribution < 1.29 is 9.53 Å². The average molecular weight is 304 g/mol.